The molecule has 3 rings (SSSR count). The number of hydrogen-bond acceptors (Lipinski definition) is 5. The van der Waals surface area contributed by atoms with Gasteiger partial charge in [-0.05, 0) is 42.3 Å². The number of likely N-dealkylation sites (tertiary alicyclic amines) is 1. The lowest BCUT2D eigenvalue weighted by molar-refractivity contribution is -0.139. The number of unbranched alkanes of at least 4 members (excludes halogenated alkanes) is 2. The molecule has 164 valence electrons. The number of carbonyl (C=O) groups is 2. The lowest BCUT2D eigenvalue weighted by Crippen LogP contribution is -2.30. The highest BCUT2D eigenvalue weighted by Gasteiger charge is 2.45. The lowest BCUT2D eigenvalue weighted by atomic mass is 9.95. The molecule has 0 bridgehead atoms. The van der Waals surface area contributed by atoms with Crippen molar-refractivity contribution in [1.29, 1.82) is 0 Å². The summed E-state index contributed by atoms with van der Waals surface area (Å²) in [6.45, 7) is 2.50. The molecule has 2 aromatic rings. The molecule has 1 heterocycles. The van der Waals surface area contributed by atoms with Crippen molar-refractivity contribution in [3.05, 3.63) is 64.2 Å². The van der Waals surface area contributed by atoms with Crippen LogP contribution in [0, 0.1) is 0 Å². The molecule has 1 atom stereocenters. The number of aliphatic hydroxyl groups excluding tert-OH is 1. The van der Waals surface area contributed by atoms with E-state index in [2.05, 4.69) is 6.92 Å². The first-order valence-electron chi connectivity index (χ1n) is 10.2. The third-order valence-electron chi connectivity index (χ3n) is 5.39. The molecule has 1 unspecified atom stereocenters. The Morgan fingerprint density at radius 2 is 1.71 bits per heavy atom. The van der Waals surface area contributed by atoms with Gasteiger partial charge in [-0.2, -0.15) is 0 Å². The minimum absolute atomic E-state index is 0.0519. The van der Waals surface area contributed by atoms with Crippen LogP contribution >= 0.6 is 11.6 Å². The molecule has 0 aliphatic carbocycles. The summed E-state index contributed by atoms with van der Waals surface area (Å²) in [6, 6.07) is 11.1. The summed E-state index contributed by atoms with van der Waals surface area (Å²) >= 11 is 6.04. The zero-order valence-corrected chi connectivity index (χ0v) is 18.6. The van der Waals surface area contributed by atoms with Crippen molar-refractivity contribution in [3.63, 3.8) is 0 Å². The highest BCUT2D eigenvalue weighted by atomic mass is 35.5. The zero-order valence-electron chi connectivity index (χ0n) is 17.9. The van der Waals surface area contributed by atoms with Crippen molar-refractivity contribution >= 4 is 29.1 Å². The Kier molecular flexibility index (Phi) is 7.23. The van der Waals surface area contributed by atoms with Gasteiger partial charge < -0.3 is 19.5 Å². The summed E-state index contributed by atoms with van der Waals surface area (Å²) in [7, 11) is 3.00. The van der Waals surface area contributed by atoms with Crippen molar-refractivity contribution in [3.8, 4) is 11.5 Å². The Bertz CT molecular complexity index is 1000. The molecule has 1 aliphatic rings. The van der Waals surface area contributed by atoms with Gasteiger partial charge in [0.1, 0.15) is 5.76 Å². The fourth-order valence-corrected chi connectivity index (χ4v) is 3.90. The summed E-state index contributed by atoms with van der Waals surface area (Å²) in [5, 5.41) is 11.7. The monoisotopic (exact) mass is 443 g/mol. The van der Waals surface area contributed by atoms with Crippen molar-refractivity contribution in [2.24, 2.45) is 0 Å². The lowest BCUT2D eigenvalue weighted by Gasteiger charge is -2.25. The smallest absolute Gasteiger partial charge is 0.295 e. The van der Waals surface area contributed by atoms with Crippen LogP contribution < -0.4 is 9.47 Å². The Morgan fingerprint density at radius 3 is 2.32 bits per heavy atom. The number of Topliss-reactive ketones (excluding diaryl/α,β-unsaturated/α-hetero) is 1. The fourth-order valence-electron chi connectivity index (χ4n) is 3.77. The molecule has 1 fully saturated rings. The molecule has 7 heteroatoms. The van der Waals surface area contributed by atoms with Crippen LogP contribution in [0.4, 0.5) is 0 Å². The molecule has 0 aromatic heterocycles. The quantitative estimate of drug-likeness (QED) is 0.270. The molecule has 0 radical (unpaired) electrons. The summed E-state index contributed by atoms with van der Waals surface area (Å²) in [5.74, 6) is -0.667. The van der Waals surface area contributed by atoms with Crippen LogP contribution in [0.3, 0.4) is 0 Å². The van der Waals surface area contributed by atoms with Gasteiger partial charge in [-0.15, -0.1) is 0 Å². The highest BCUT2D eigenvalue weighted by molar-refractivity contribution is 6.46. The highest BCUT2D eigenvalue weighted by Crippen LogP contribution is 2.41. The van der Waals surface area contributed by atoms with E-state index in [0.717, 1.165) is 19.3 Å². The standard InChI is InChI=1S/C24H26ClNO5/c1-4-5-6-13-26-21(15-7-10-17(25)11-8-15)20(23(28)24(26)29)22(27)16-9-12-18(30-2)19(14-16)31-3/h7-12,14,21,27H,4-6,13H2,1-3H3/b22-20-. The van der Waals surface area contributed by atoms with Crippen LogP contribution in [0.25, 0.3) is 5.76 Å². The number of benzene rings is 2. The van der Waals surface area contributed by atoms with E-state index in [4.69, 9.17) is 21.1 Å². The Labute approximate surface area is 187 Å². The minimum atomic E-state index is -0.705. The van der Waals surface area contributed by atoms with Gasteiger partial charge in [0.25, 0.3) is 11.7 Å². The molecule has 2 aromatic carbocycles. The number of halogens is 1. The number of methoxy groups -OCH3 is 2. The third kappa shape index (κ3) is 4.54. The second-order valence-corrected chi connectivity index (χ2v) is 7.76. The number of hydrogen-bond donors (Lipinski definition) is 1. The number of aliphatic hydroxyl groups is 1. The Hall–Kier alpha value is -2.99. The van der Waals surface area contributed by atoms with Gasteiger partial charge in [0.15, 0.2) is 11.5 Å². The maximum absolute atomic E-state index is 13.0. The molecular formula is C24H26ClNO5. The summed E-state index contributed by atoms with van der Waals surface area (Å²) in [4.78, 5) is 27.4. The van der Waals surface area contributed by atoms with Gasteiger partial charge in [0.2, 0.25) is 0 Å². The van der Waals surface area contributed by atoms with E-state index in [-0.39, 0.29) is 11.3 Å². The van der Waals surface area contributed by atoms with E-state index >= 15 is 0 Å². The molecule has 0 saturated carbocycles. The summed E-state index contributed by atoms with van der Waals surface area (Å²) < 4.78 is 10.6. The zero-order chi connectivity index (χ0) is 22.5. The largest absolute Gasteiger partial charge is 0.507 e. The first-order valence-corrected chi connectivity index (χ1v) is 10.6. The van der Waals surface area contributed by atoms with Gasteiger partial charge in [0, 0.05) is 17.1 Å². The van der Waals surface area contributed by atoms with E-state index in [9.17, 15) is 14.7 Å². The van der Waals surface area contributed by atoms with Crippen LogP contribution in [0.15, 0.2) is 48.0 Å². The second kappa shape index (κ2) is 9.88. The van der Waals surface area contributed by atoms with Crippen molar-refractivity contribution in [2.45, 2.75) is 32.2 Å². The fraction of sp³-hybridized carbons (Fsp3) is 0.333. The SMILES string of the molecule is CCCCCN1C(=O)C(=O)/C(=C(\O)c2ccc(OC)c(OC)c2)C1c1ccc(Cl)cc1. The van der Waals surface area contributed by atoms with E-state index in [1.165, 1.54) is 19.1 Å². The van der Waals surface area contributed by atoms with Crippen molar-refractivity contribution in [1.82, 2.24) is 4.90 Å². The topological polar surface area (TPSA) is 76.1 Å². The number of ether oxygens (including phenoxy) is 2. The van der Waals surface area contributed by atoms with Crippen LogP contribution in [0.1, 0.15) is 43.4 Å². The predicted octanol–water partition coefficient (Wildman–Crippen LogP) is 4.97. The van der Waals surface area contributed by atoms with Gasteiger partial charge in [0.05, 0.1) is 25.8 Å². The molecule has 31 heavy (non-hydrogen) atoms. The molecule has 6 nitrogen and oxygen atoms in total. The molecule has 1 N–H and O–H groups in total. The summed E-state index contributed by atoms with van der Waals surface area (Å²) in [5.41, 5.74) is 1.13. The van der Waals surface area contributed by atoms with E-state index < -0.39 is 17.7 Å². The van der Waals surface area contributed by atoms with Gasteiger partial charge >= 0.3 is 0 Å². The molecule has 1 amide bonds. The average molecular weight is 444 g/mol. The van der Waals surface area contributed by atoms with Crippen LogP contribution in [0.2, 0.25) is 5.02 Å². The van der Waals surface area contributed by atoms with E-state index in [1.807, 2.05) is 0 Å². The molecule has 0 spiro atoms. The van der Waals surface area contributed by atoms with Crippen LogP contribution in [-0.4, -0.2) is 42.5 Å². The van der Waals surface area contributed by atoms with Crippen LogP contribution in [-0.2, 0) is 9.59 Å². The third-order valence-corrected chi connectivity index (χ3v) is 5.64. The first kappa shape index (κ1) is 22.7. The maximum Gasteiger partial charge on any atom is 0.295 e. The Morgan fingerprint density at radius 1 is 1.03 bits per heavy atom. The van der Waals surface area contributed by atoms with Gasteiger partial charge in [-0.3, -0.25) is 9.59 Å². The Balaban J connectivity index is 2.13. The minimum Gasteiger partial charge on any atom is -0.507 e. The summed E-state index contributed by atoms with van der Waals surface area (Å²) in [6.07, 6.45) is 2.69. The van der Waals surface area contributed by atoms with E-state index in [1.54, 1.807) is 42.5 Å². The number of amides is 1. The van der Waals surface area contributed by atoms with Crippen molar-refractivity contribution in [2.75, 3.05) is 20.8 Å². The maximum atomic E-state index is 13.0. The van der Waals surface area contributed by atoms with Crippen molar-refractivity contribution < 1.29 is 24.2 Å². The van der Waals surface area contributed by atoms with E-state index in [0.29, 0.717) is 34.2 Å². The van der Waals surface area contributed by atoms with Gasteiger partial charge in [-0.1, -0.05) is 43.5 Å². The molecule has 1 saturated heterocycles. The number of carbonyl (C=O) groups excluding carboxylic acids is 2. The number of rotatable bonds is 8. The first-order chi connectivity index (χ1) is 14.9. The average Bonchev–Trinajstić information content (AvgIpc) is 3.03. The second-order valence-electron chi connectivity index (χ2n) is 7.32. The number of ketones is 1. The van der Waals surface area contributed by atoms with Gasteiger partial charge in [-0.25, -0.2) is 0 Å². The van der Waals surface area contributed by atoms with Crippen LogP contribution in [0.5, 0.6) is 11.5 Å². The normalized spacial score (nSPS) is 17.8. The number of nitrogens with zero attached hydrogens (tertiary/aromatic N) is 1. The molecular weight excluding hydrogens is 418 g/mol. The predicted molar refractivity (Wildman–Crippen MR) is 120 cm³/mol. The molecule has 1 aliphatic heterocycles.